The summed E-state index contributed by atoms with van der Waals surface area (Å²) >= 11 is 1.96. The number of aromatic carboxylic acids is 1. The van der Waals surface area contributed by atoms with Gasteiger partial charge < -0.3 is 10.4 Å². The fourth-order valence-corrected chi connectivity index (χ4v) is 3.03. The normalized spacial score (nSPS) is 19.7. The van der Waals surface area contributed by atoms with Gasteiger partial charge >= 0.3 is 5.97 Å². The van der Waals surface area contributed by atoms with E-state index in [4.69, 9.17) is 5.11 Å². The summed E-state index contributed by atoms with van der Waals surface area (Å²) in [7, 11) is 0. The first-order valence-corrected chi connectivity index (χ1v) is 6.50. The van der Waals surface area contributed by atoms with Crippen molar-refractivity contribution in [3.05, 3.63) is 29.3 Å². The summed E-state index contributed by atoms with van der Waals surface area (Å²) in [5.41, 5.74) is 2.21. The summed E-state index contributed by atoms with van der Waals surface area (Å²) in [6.07, 6.45) is 1.18. The maximum absolute atomic E-state index is 10.9. The highest BCUT2D eigenvalue weighted by molar-refractivity contribution is 7.99. The van der Waals surface area contributed by atoms with Crippen LogP contribution in [0.15, 0.2) is 18.2 Å². The van der Waals surface area contributed by atoms with Crippen LogP contribution in [0.2, 0.25) is 0 Å². The van der Waals surface area contributed by atoms with E-state index in [0.29, 0.717) is 11.6 Å². The predicted octanol–water partition coefficient (Wildman–Crippen LogP) is 2.61. The molecule has 4 heteroatoms. The molecule has 1 aromatic rings. The molecule has 1 heterocycles. The molecule has 1 saturated heterocycles. The molecule has 1 aliphatic rings. The molecule has 16 heavy (non-hydrogen) atoms. The minimum absolute atomic E-state index is 0.381. The highest BCUT2D eigenvalue weighted by Gasteiger charge is 2.15. The number of hydrogen-bond donors (Lipinski definition) is 2. The molecule has 86 valence electrons. The van der Waals surface area contributed by atoms with Crippen molar-refractivity contribution in [2.24, 2.45) is 0 Å². The molecule has 0 aromatic heterocycles. The molecule has 0 amide bonds. The molecule has 1 unspecified atom stereocenters. The Morgan fingerprint density at radius 1 is 1.56 bits per heavy atom. The van der Waals surface area contributed by atoms with Gasteiger partial charge in [-0.2, -0.15) is 11.8 Å². The summed E-state index contributed by atoms with van der Waals surface area (Å²) in [6.45, 7) is 1.83. The minimum Gasteiger partial charge on any atom is -0.478 e. The Morgan fingerprint density at radius 3 is 2.94 bits per heavy atom. The second-order valence-corrected chi connectivity index (χ2v) is 5.19. The molecular weight excluding hydrogens is 222 g/mol. The van der Waals surface area contributed by atoms with E-state index in [1.54, 1.807) is 6.07 Å². The zero-order valence-corrected chi connectivity index (χ0v) is 10.0. The van der Waals surface area contributed by atoms with Gasteiger partial charge in [-0.25, -0.2) is 4.79 Å². The third kappa shape index (κ3) is 2.50. The van der Waals surface area contributed by atoms with Gasteiger partial charge in [0, 0.05) is 17.5 Å². The third-order valence-corrected chi connectivity index (χ3v) is 3.92. The number of hydrogen-bond acceptors (Lipinski definition) is 3. The Morgan fingerprint density at radius 2 is 2.38 bits per heavy atom. The van der Waals surface area contributed by atoms with E-state index in [0.717, 1.165) is 17.0 Å². The number of nitrogens with one attached hydrogen (secondary N) is 1. The Bertz CT molecular complexity index is 400. The molecule has 1 fully saturated rings. The van der Waals surface area contributed by atoms with Crippen LogP contribution in [-0.4, -0.2) is 28.6 Å². The topological polar surface area (TPSA) is 49.3 Å². The fraction of sp³-hybridized carbons (Fsp3) is 0.417. The number of carboxylic acids is 1. The van der Waals surface area contributed by atoms with Crippen LogP contribution < -0.4 is 5.32 Å². The maximum atomic E-state index is 10.9. The summed E-state index contributed by atoms with van der Waals surface area (Å²) in [6, 6.07) is 5.95. The number of rotatable bonds is 3. The molecule has 1 aliphatic heterocycles. The van der Waals surface area contributed by atoms with Crippen molar-refractivity contribution >= 4 is 23.4 Å². The van der Waals surface area contributed by atoms with Crippen LogP contribution in [0.3, 0.4) is 0 Å². The number of aryl methyl sites for hydroxylation is 1. The van der Waals surface area contributed by atoms with E-state index in [1.165, 1.54) is 12.2 Å². The van der Waals surface area contributed by atoms with Gasteiger partial charge in [0.15, 0.2) is 0 Å². The number of thioether (sulfide) groups is 1. The zero-order chi connectivity index (χ0) is 11.5. The molecular formula is C12H15NO2S. The van der Waals surface area contributed by atoms with Crippen LogP contribution in [0.5, 0.6) is 0 Å². The standard InChI is InChI=1S/C12H15NO2S/c1-8-6-9(2-3-11(8)12(14)15)13-10-4-5-16-7-10/h2-3,6,10,13H,4-5,7H2,1H3,(H,14,15). The van der Waals surface area contributed by atoms with Crippen molar-refractivity contribution in [1.29, 1.82) is 0 Å². The van der Waals surface area contributed by atoms with Crippen LogP contribution in [0.4, 0.5) is 5.69 Å². The lowest BCUT2D eigenvalue weighted by molar-refractivity contribution is 0.0696. The highest BCUT2D eigenvalue weighted by atomic mass is 32.2. The van der Waals surface area contributed by atoms with Crippen LogP contribution in [0, 0.1) is 6.92 Å². The molecule has 1 aromatic carbocycles. The summed E-state index contributed by atoms with van der Waals surface area (Å²) in [4.78, 5) is 10.9. The van der Waals surface area contributed by atoms with E-state index < -0.39 is 5.97 Å². The Kier molecular flexibility index (Phi) is 3.39. The van der Waals surface area contributed by atoms with Gasteiger partial charge in [-0.05, 0) is 42.9 Å². The smallest absolute Gasteiger partial charge is 0.335 e. The summed E-state index contributed by atoms with van der Waals surface area (Å²) in [5.74, 6) is 1.49. The third-order valence-electron chi connectivity index (χ3n) is 2.76. The van der Waals surface area contributed by atoms with Crippen LogP contribution >= 0.6 is 11.8 Å². The summed E-state index contributed by atoms with van der Waals surface area (Å²) in [5, 5.41) is 12.4. The van der Waals surface area contributed by atoms with Crippen LogP contribution in [0.25, 0.3) is 0 Å². The van der Waals surface area contributed by atoms with Gasteiger partial charge in [0.1, 0.15) is 0 Å². The molecule has 2 N–H and O–H groups in total. The van der Waals surface area contributed by atoms with Gasteiger partial charge in [0.25, 0.3) is 0 Å². The van der Waals surface area contributed by atoms with Crippen molar-refractivity contribution in [3.8, 4) is 0 Å². The quantitative estimate of drug-likeness (QED) is 0.848. The van der Waals surface area contributed by atoms with Crippen molar-refractivity contribution < 1.29 is 9.90 Å². The first-order chi connectivity index (χ1) is 7.66. The SMILES string of the molecule is Cc1cc(NC2CCSC2)ccc1C(=O)O. The molecule has 0 spiro atoms. The fourth-order valence-electron chi connectivity index (χ4n) is 1.88. The predicted molar refractivity (Wildman–Crippen MR) is 67.5 cm³/mol. The zero-order valence-electron chi connectivity index (χ0n) is 9.19. The average Bonchev–Trinajstić information content (AvgIpc) is 2.70. The van der Waals surface area contributed by atoms with Crippen molar-refractivity contribution in [3.63, 3.8) is 0 Å². The monoisotopic (exact) mass is 237 g/mol. The molecule has 2 rings (SSSR count). The largest absolute Gasteiger partial charge is 0.478 e. The number of carboxylic acid groups (broad SMARTS) is 1. The first-order valence-electron chi connectivity index (χ1n) is 5.35. The molecule has 0 aliphatic carbocycles. The van der Waals surface area contributed by atoms with Gasteiger partial charge in [0.2, 0.25) is 0 Å². The average molecular weight is 237 g/mol. The molecule has 0 bridgehead atoms. The van der Waals surface area contributed by atoms with Crippen LogP contribution in [0.1, 0.15) is 22.3 Å². The molecule has 1 atom stereocenters. The Hall–Kier alpha value is -1.16. The van der Waals surface area contributed by atoms with E-state index in [-0.39, 0.29) is 0 Å². The number of anilines is 1. The molecule has 0 saturated carbocycles. The molecule has 3 nitrogen and oxygen atoms in total. The Balaban J connectivity index is 2.11. The second-order valence-electron chi connectivity index (χ2n) is 4.04. The van der Waals surface area contributed by atoms with Crippen molar-refractivity contribution in [2.45, 2.75) is 19.4 Å². The van der Waals surface area contributed by atoms with E-state index in [9.17, 15) is 4.79 Å². The van der Waals surface area contributed by atoms with Gasteiger partial charge in [0.05, 0.1) is 5.56 Å². The second kappa shape index (κ2) is 4.78. The maximum Gasteiger partial charge on any atom is 0.335 e. The lowest BCUT2D eigenvalue weighted by atomic mass is 10.1. The van der Waals surface area contributed by atoms with Crippen molar-refractivity contribution in [2.75, 3.05) is 16.8 Å². The van der Waals surface area contributed by atoms with E-state index >= 15 is 0 Å². The highest BCUT2D eigenvalue weighted by Crippen LogP contribution is 2.22. The molecule has 0 radical (unpaired) electrons. The summed E-state index contributed by atoms with van der Waals surface area (Å²) < 4.78 is 0. The lowest BCUT2D eigenvalue weighted by Crippen LogP contribution is -2.18. The minimum atomic E-state index is -0.861. The van der Waals surface area contributed by atoms with Crippen molar-refractivity contribution in [1.82, 2.24) is 0 Å². The van der Waals surface area contributed by atoms with Gasteiger partial charge in [-0.15, -0.1) is 0 Å². The van der Waals surface area contributed by atoms with Gasteiger partial charge in [-0.1, -0.05) is 0 Å². The van der Waals surface area contributed by atoms with E-state index in [1.807, 2.05) is 30.8 Å². The first kappa shape index (κ1) is 11.3. The number of carbonyl (C=O) groups is 1. The van der Waals surface area contributed by atoms with Crippen LogP contribution in [-0.2, 0) is 0 Å². The lowest BCUT2D eigenvalue weighted by Gasteiger charge is -2.13. The van der Waals surface area contributed by atoms with Gasteiger partial charge in [-0.3, -0.25) is 0 Å². The Labute approximate surface area is 99.2 Å². The number of benzene rings is 1. The van der Waals surface area contributed by atoms with E-state index in [2.05, 4.69) is 5.32 Å².